The molecule has 2 heterocycles. The van der Waals surface area contributed by atoms with E-state index < -0.39 is 5.97 Å². The lowest BCUT2D eigenvalue weighted by Crippen LogP contribution is -2.15. The summed E-state index contributed by atoms with van der Waals surface area (Å²) in [5, 5.41) is 0.962. The van der Waals surface area contributed by atoms with E-state index in [1.807, 2.05) is 31.6 Å². The monoisotopic (exact) mass is 323 g/mol. The lowest BCUT2D eigenvalue weighted by Gasteiger charge is -2.18. The average molecular weight is 323 g/mol. The molecule has 21 heavy (non-hydrogen) atoms. The van der Waals surface area contributed by atoms with Gasteiger partial charge in [0.15, 0.2) is 0 Å². The van der Waals surface area contributed by atoms with Crippen LogP contribution in [0.25, 0.3) is 0 Å². The Labute approximate surface area is 132 Å². The van der Waals surface area contributed by atoms with Crippen molar-refractivity contribution < 1.29 is 9.53 Å². The first kappa shape index (κ1) is 15.7. The number of methoxy groups -OCH3 is 1. The third kappa shape index (κ3) is 3.30. The van der Waals surface area contributed by atoms with Gasteiger partial charge in [0.05, 0.1) is 17.7 Å². The molecule has 0 aliphatic rings. The van der Waals surface area contributed by atoms with E-state index in [0.29, 0.717) is 17.1 Å². The molecule has 112 valence electrons. The van der Waals surface area contributed by atoms with Crippen LogP contribution in [-0.4, -0.2) is 31.4 Å². The van der Waals surface area contributed by atoms with Crippen LogP contribution in [-0.2, 0) is 11.3 Å². The van der Waals surface area contributed by atoms with Crippen molar-refractivity contribution in [2.24, 2.45) is 0 Å². The maximum Gasteiger partial charge on any atom is 0.350 e. The third-order valence-corrected chi connectivity index (χ3v) is 5.20. The fraction of sp³-hybridized carbons (Fsp3) is 0.286. The molecule has 2 rings (SSSR count). The predicted octanol–water partition coefficient (Wildman–Crippen LogP) is 2.87. The molecule has 0 atom stereocenters. The molecular formula is C14H17N3O2S2. The largest absolute Gasteiger partial charge is 0.465 e. The second-order valence-electron chi connectivity index (χ2n) is 4.39. The number of carbonyl (C=O) groups excluding carboxylic acids is 1. The first-order valence-electron chi connectivity index (χ1n) is 6.23. The standard InChI is InChI=1S/C14H17N3O2S2/c1-17(8-9-5-4-6-16-7-9)13-11(20-3)10(15)12(21-13)14(18)19-2/h4-7H,8,15H2,1-3H3. The lowest BCUT2D eigenvalue weighted by molar-refractivity contribution is 0.0607. The van der Waals surface area contributed by atoms with Crippen molar-refractivity contribution in [1.29, 1.82) is 0 Å². The topological polar surface area (TPSA) is 68.5 Å². The van der Waals surface area contributed by atoms with Crippen LogP contribution >= 0.6 is 23.1 Å². The van der Waals surface area contributed by atoms with Gasteiger partial charge in [0.25, 0.3) is 0 Å². The van der Waals surface area contributed by atoms with E-state index in [2.05, 4.69) is 9.88 Å². The molecule has 0 fully saturated rings. The van der Waals surface area contributed by atoms with Crippen molar-refractivity contribution >= 4 is 39.8 Å². The molecule has 0 saturated carbocycles. The molecule has 7 heteroatoms. The van der Waals surface area contributed by atoms with E-state index in [-0.39, 0.29) is 0 Å². The number of aromatic nitrogens is 1. The number of carbonyl (C=O) groups is 1. The Morgan fingerprint density at radius 2 is 2.33 bits per heavy atom. The molecule has 0 unspecified atom stereocenters. The third-order valence-electron chi connectivity index (χ3n) is 2.95. The van der Waals surface area contributed by atoms with Gasteiger partial charge >= 0.3 is 5.97 Å². The minimum Gasteiger partial charge on any atom is -0.465 e. The smallest absolute Gasteiger partial charge is 0.350 e. The van der Waals surface area contributed by atoms with Crippen LogP contribution in [0, 0.1) is 0 Å². The van der Waals surface area contributed by atoms with Crippen LogP contribution in [0.5, 0.6) is 0 Å². The van der Waals surface area contributed by atoms with Crippen molar-refractivity contribution in [2.45, 2.75) is 11.4 Å². The molecule has 0 amide bonds. The van der Waals surface area contributed by atoms with E-state index in [1.165, 1.54) is 30.2 Å². The zero-order valence-electron chi connectivity index (χ0n) is 12.1. The Balaban J connectivity index is 2.32. The minimum absolute atomic E-state index is 0.395. The number of hydrogen-bond acceptors (Lipinski definition) is 7. The quantitative estimate of drug-likeness (QED) is 0.674. The molecule has 0 saturated heterocycles. The first-order valence-corrected chi connectivity index (χ1v) is 8.27. The SMILES string of the molecule is COC(=O)c1sc(N(C)Cc2cccnc2)c(SC)c1N. The van der Waals surface area contributed by atoms with Crippen LogP contribution in [0.2, 0.25) is 0 Å². The van der Waals surface area contributed by atoms with Gasteiger partial charge in [-0.25, -0.2) is 4.79 Å². The van der Waals surface area contributed by atoms with Crippen LogP contribution < -0.4 is 10.6 Å². The Morgan fingerprint density at radius 1 is 1.57 bits per heavy atom. The van der Waals surface area contributed by atoms with Crippen molar-refractivity contribution in [3.05, 3.63) is 35.0 Å². The number of thioether (sulfide) groups is 1. The van der Waals surface area contributed by atoms with E-state index in [4.69, 9.17) is 10.5 Å². The van der Waals surface area contributed by atoms with Gasteiger partial charge < -0.3 is 15.4 Å². The molecule has 5 nitrogen and oxygen atoms in total. The zero-order chi connectivity index (χ0) is 15.4. The van der Waals surface area contributed by atoms with E-state index in [0.717, 1.165) is 15.5 Å². The first-order chi connectivity index (χ1) is 10.1. The van der Waals surface area contributed by atoms with Crippen LogP contribution in [0.1, 0.15) is 15.2 Å². The highest BCUT2D eigenvalue weighted by Gasteiger charge is 2.23. The molecule has 2 aromatic rings. The highest BCUT2D eigenvalue weighted by atomic mass is 32.2. The number of nitrogen functional groups attached to an aromatic ring is 1. The van der Waals surface area contributed by atoms with Gasteiger partial charge in [-0.2, -0.15) is 0 Å². The van der Waals surface area contributed by atoms with Crippen molar-refractivity contribution in [3.8, 4) is 0 Å². The number of thiophene rings is 1. The Hall–Kier alpha value is -1.73. The normalized spacial score (nSPS) is 10.4. The van der Waals surface area contributed by atoms with Gasteiger partial charge in [0.1, 0.15) is 9.88 Å². The van der Waals surface area contributed by atoms with Crippen molar-refractivity contribution in [1.82, 2.24) is 4.98 Å². The molecule has 2 N–H and O–H groups in total. The summed E-state index contributed by atoms with van der Waals surface area (Å²) in [5.74, 6) is -0.395. The Kier molecular flexibility index (Phi) is 5.08. The molecule has 0 bridgehead atoms. The predicted molar refractivity (Wildman–Crippen MR) is 88.2 cm³/mol. The summed E-state index contributed by atoms with van der Waals surface area (Å²) < 4.78 is 4.78. The summed E-state index contributed by atoms with van der Waals surface area (Å²) in [6, 6.07) is 3.92. The van der Waals surface area contributed by atoms with Crippen LogP contribution in [0.4, 0.5) is 10.7 Å². The Morgan fingerprint density at radius 3 is 2.90 bits per heavy atom. The number of rotatable bonds is 5. The summed E-state index contributed by atoms with van der Waals surface area (Å²) in [6.07, 6.45) is 5.52. The summed E-state index contributed by atoms with van der Waals surface area (Å²) in [7, 11) is 3.33. The van der Waals surface area contributed by atoms with Crippen molar-refractivity contribution in [2.75, 3.05) is 31.0 Å². The lowest BCUT2D eigenvalue weighted by atomic mass is 10.3. The van der Waals surface area contributed by atoms with Crippen molar-refractivity contribution in [3.63, 3.8) is 0 Å². The molecule has 0 radical (unpaired) electrons. The molecule has 0 spiro atoms. The summed E-state index contributed by atoms with van der Waals surface area (Å²) in [5.41, 5.74) is 7.66. The highest BCUT2D eigenvalue weighted by Crippen LogP contribution is 2.44. The molecule has 2 aromatic heterocycles. The van der Waals surface area contributed by atoms with Crippen LogP contribution in [0.3, 0.4) is 0 Å². The summed E-state index contributed by atoms with van der Waals surface area (Å²) in [4.78, 5) is 19.3. The molecule has 0 aliphatic heterocycles. The number of nitrogens with zero attached hydrogens (tertiary/aromatic N) is 2. The number of esters is 1. The van der Waals surface area contributed by atoms with Gasteiger partial charge in [-0.15, -0.1) is 23.1 Å². The van der Waals surface area contributed by atoms with E-state index >= 15 is 0 Å². The number of pyridine rings is 1. The maximum absolute atomic E-state index is 11.8. The van der Waals surface area contributed by atoms with Gasteiger partial charge in [-0.3, -0.25) is 4.98 Å². The molecular weight excluding hydrogens is 306 g/mol. The van der Waals surface area contributed by atoms with Gasteiger partial charge in [-0.1, -0.05) is 6.07 Å². The number of hydrogen-bond donors (Lipinski definition) is 1. The number of ether oxygens (including phenoxy) is 1. The number of nitrogens with two attached hydrogens (primary N) is 1. The molecule has 0 aliphatic carbocycles. The van der Waals surface area contributed by atoms with E-state index in [9.17, 15) is 4.79 Å². The second-order valence-corrected chi connectivity index (χ2v) is 6.21. The minimum atomic E-state index is -0.395. The van der Waals surface area contributed by atoms with Gasteiger partial charge in [-0.05, 0) is 17.9 Å². The highest BCUT2D eigenvalue weighted by molar-refractivity contribution is 7.99. The van der Waals surface area contributed by atoms with Gasteiger partial charge in [0, 0.05) is 26.0 Å². The maximum atomic E-state index is 11.8. The van der Waals surface area contributed by atoms with E-state index in [1.54, 1.807) is 6.20 Å². The van der Waals surface area contributed by atoms with Gasteiger partial charge in [0.2, 0.25) is 0 Å². The summed E-state index contributed by atoms with van der Waals surface area (Å²) >= 11 is 2.89. The fourth-order valence-electron chi connectivity index (χ4n) is 1.95. The van der Waals surface area contributed by atoms with Crippen LogP contribution in [0.15, 0.2) is 29.4 Å². The fourth-order valence-corrected chi connectivity index (χ4v) is 4.03. The zero-order valence-corrected chi connectivity index (χ0v) is 13.8. The summed E-state index contributed by atoms with van der Waals surface area (Å²) in [6.45, 7) is 0.696. The average Bonchev–Trinajstić information content (AvgIpc) is 2.84. The number of anilines is 2. The second kappa shape index (κ2) is 6.82. The molecule has 0 aromatic carbocycles. The Bertz CT molecular complexity index is 629.